The van der Waals surface area contributed by atoms with Gasteiger partial charge in [0.05, 0.1) is 26.2 Å². The third kappa shape index (κ3) is 183. The number of nitrogens with zero attached hydrogens (tertiary/aromatic N) is 1. The standard InChI is InChI=1S/C8H20N.10CO.2Cr.H/c1-5-9(6-2,7-3)8-4;10*1-2;;;/h5-8H2,1-4H3;;;;;;;;;;;;;/q+1;;;;;;;;;;;;;-1. The van der Waals surface area contributed by atoms with Gasteiger partial charge in [0.1, 0.15) is 0 Å². The van der Waals surface area contributed by atoms with Gasteiger partial charge in [0.15, 0.2) is 0 Å². The molecule has 0 saturated heterocycles. The summed E-state index contributed by atoms with van der Waals surface area (Å²) in [6.45, 7) is 59.2. The van der Waals surface area contributed by atoms with Gasteiger partial charge in [-0.25, -0.2) is 0 Å². The molecule has 0 atom stereocenters. The molecule has 31 heavy (non-hydrogen) atoms. The molecule has 0 aliphatic carbocycles. The van der Waals surface area contributed by atoms with E-state index in [1.165, 1.54) is 30.7 Å². The summed E-state index contributed by atoms with van der Waals surface area (Å²) < 4.78 is 76.3. The summed E-state index contributed by atoms with van der Waals surface area (Å²) in [5.41, 5.74) is 0. The number of hydrogen-bond donors (Lipinski definition) is 0. The van der Waals surface area contributed by atoms with Gasteiger partial charge in [-0.2, -0.15) is 0 Å². The van der Waals surface area contributed by atoms with Crippen molar-refractivity contribution < 1.29 is 87.2 Å². The number of quaternary nitrogens is 1. The Kier molecular flexibility index (Phi) is 856. The van der Waals surface area contributed by atoms with E-state index in [2.05, 4.69) is 94.2 Å². The van der Waals surface area contributed by atoms with Crippen LogP contribution >= 0.6 is 0 Å². The molecule has 0 saturated carbocycles. The summed E-state index contributed by atoms with van der Waals surface area (Å²) in [5, 5.41) is 0. The summed E-state index contributed by atoms with van der Waals surface area (Å²) in [5.74, 6) is 0. The average Bonchev–Trinajstić information content (AvgIpc) is 2.93. The van der Waals surface area contributed by atoms with Gasteiger partial charge in [-0.15, -0.1) is 0 Å². The van der Waals surface area contributed by atoms with Crippen molar-refractivity contribution in [1.82, 2.24) is 0 Å². The van der Waals surface area contributed by atoms with Crippen molar-refractivity contribution in [3.05, 3.63) is 66.5 Å². The van der Waals surface area contributed by atoms with Crippen LogP contribution in [-0.4, -0.2) is 30.7 Å². The molecule has 0 fully saturated rings. The Balaban J connectivity index is -0.0000000102. The fraction of sp³-hybridized carbons (Fsp3) is 0.444. The molecule has 0 bridgehead atoms. The molecule has 0 amide bonds. The first-order chi connectivity index (χ1) is 14.2. The summed E-state index contributed by atoms with van der Waals surface area (Å²) in [4.78, 5) is 0. The molecule has 0 heterocycles. The van der Waals surface area contributed by atoms with Crippen LogP contribution in [0.15, 0.2) is 0 Å². The van der Waals surface area contributed by atoms with E-state index in [0.717, 1.165) is 0 Å². The second-order valence-electron chi connectivity index (χ2n) is 2.61. The van der Waals surface area contributed by atoms with Crippen molar-refractivity contribution in [3.63, 3.8) is 0 Å². The van der Waals surface area contributed by atoms with E-state index in [1.807, 2.05) is 0 Å². The largest absolute Gasteiger partial charge is 1.00 e. The van der Waals surface area contributed by atoms with E-state index in [1.54, 1.807) is 0 Å². The molecule has 0 aromatic rings. The third-order valence-corrected chi connectivity index (χ3v) is 2.68. The Morgan fingerprint density at radius 3 is 0.419 bits per heavy atom. The van der Waals surface area contributed by atoms with Crippen LogP contribution in [0.25, 0.3) is 0 Å². The third-order valence-electron chi connectivity index (χ3n) is 2.68. The van der Waals surface area contributed by atoms with Crippen LogP contribution in [-0.2, 0) is 81.2 Å². The predicted molar refractivity (Wildman–Crippen MR) is 82.8 cm³/mol. The van der Waals surface area contributed by atoms with Gasteiger partial charge in [-0.05, 0) is 27.7 Å². The average molecular weight is 515 g/mol. The van der Waals surface area contributed by atoms with Gasteiger partial charge < -0.3 is 5.91 Å². The molecular weight excluding hydrogens is 494 g/mol. The molecule has 170 valence electrons. The fourth-order valence-corrected chi connectivity index (χ4v) is 1.34. The van der Waals surface area contributed by atoms with Gasteiger partial charge in [0.2, 0.25) is 0 Å². The second-order valence-corrected chi connectivity index (χ2v) is 2.61. The van der Waals surface area contributed by atoms with Gasteiger partial charge in [0.25, 0.3) is 0 Å². The van der Waals surface area contributed by atoms with Crippen LogP contribution in [0.3, 0.4) is 0 Å². The first-order valence-corrected chi connectivity index (χ1v) is 6.13. The Hall–Kier alpha value is -1.58. The number of hydrogen-bond acceptors (Lipinski definition) is 0. The first-order valence-electron chi connectivity index (χ1n) is 6.13. The quantitative estimate of drug-likeness (QED) is 0.298. The smallest absolute Gasteiger partial charge is 0 e. The minimum atomic E-state index is 0. The van der Waals surface area contributed by atoms with E-state index in [4.69, 9.17) is 46.5 Å². The van der Waals surface area contributed by atoms with Crippen LogP contribution in [0.5, 0.6) is 0 Å². The molecule has 0 aromatic heterocycles. The summed E-state index contributed by atoms with van der Waals surface area (Å²) in [7, 11) is 0. The van der Waals surface area contributed by atoms with Gasteiger partial charge >= 0.3 is 113 Å². The molecule has 0 aliphatic rings. The minimum Gasteiger partial charge on any atom is -1.00 e. The van der Waals surface area contributed by atoms with E-state index < -0.39 is 0 Å². The van der Waals surface area contributed by atoms with Crippen molar-refractivity contribution in [1.29, 1.82) is 0 Å². The summed E-state index contributed by atoms with van der Waals surface area (Å²) in [6.07, 6.45) is 0. The van der Waals surface area contributed by atoms with Gasteiger partial charge in [-0.3, -0.25) is 0 Å². The van der Waals surface area contributed by atoms with Crippen molar-refractivity contribution in [2.24, 2.45) is 0 Å². The topological polar surface area (TPSA) is 199 Å². The number of rotatable bonds is 4. The Morgan fingerprint density at radius 2 is 0.419 bits per heavy atom. The normalized spacial score (nSPS) is 4.13. The monoisotopic (exact) mass is 515 g/mol. The summed E-state index contributed by atoms with van der Waals surface area (Å²) >= 11 is 0. The maximum Gasteiger partial charge on any atom is 0 e. The summed E-state index contributed by atoms with van der Waals surface area (Å²) in [6, 6.07) is 0. The zero-order chi connectivity index (χ0) is 27.3. The van der Waals surface area contributed by atoms with Crippen LogP contribution < -0.4 is 0 Å². The zero-order valence-electron chi connectivity index (χ0n) is 18.2. The molecule has 11 nitrogen and oxygen atoms in total. The van der Waals surface area contributed by atoms with Crippen LogP contribution in [0.1, 0.15) is 29.1 Å². The Labute approximate surface area is 207 Å². The molecule has 0 N–H and O–H groups in total. The molecule has 0 spiro atoms. The Bertz CT molecular complexity index is 305. The molecule has 0 aliphatic heterocycles. The maximum absolute atomic E-state index is 7.50. The van der Waals surface area contributed by atoms with Gasteiger partial charge in [-0.1, -0.05) is 0 Å². The molecule has 0 rings (SSSR count). The van der Waals surface area contributed by atoms with Crippen LogP contribution in [0.4, 0.5) is 0 Å². The molecule has 0 radical (unpaired) electrons. The molecule has 0 aromatic carbocycles. The van der Waals surface area contributed by atoms with Gasteiger partial charge in [0, 0.05) is 34.7 Å². The molecule has 0 unspecified atom stereocenters. The van der Waals surface area contributed by atoms with E-state index >= 15 is 0 Å². The van der Waals surface area contributed by atoms with Crippen LogP contribution in [0, 0.1) is 66.5 Å². The molecular formula is C18H21Cr2NO10. The Morgan fingerprint density at radius 1 is 0.355 bits per heavy atom. The fourth-order valence-electron chi connectivity index (χ4n) is 1.34. The maximum atomic E-state index is 7.50. The predicted octanol–water partition coefficient (Wildman–Crippen LogP) is 1.62. The molecule has 13 heteroatoms. The second kappa shape index (κ2) is 301. The van der Waals surface area contributed by atoms with Crippen LogP contribution in [0.2, 0.25) is 0 Å². The van der Waals surface area contributed by atoms with Crippen molar-refractivity contribution in [2.75, 3.05) is 26.2 Å². The van der Waals surface area contributed by atoms with E-state index in [9.17, 15) is 0 Å². The first kappa shape index (κ1) is 88.1. The minimum absolute atomic E-state index is 0. The SMILES string of the molecule is CC[N+](CC)(CC)CC.[C-]#[O+].[C-]#[O+].[C-]#[O+].[C-]#[O+].[C-]#[O+].[C-]#[O+].[C-]#[O+].[C-]#[O+].[C-]#[O+].[C-]#[O+].[Cr].[Cr].[H-]. The van der Waals surface area contributed by atoms with Crippen molar-refractivity contribution in [3.8, 4) is 0 Å². The van der Waals surface area contributed by atoms with Crippen molar-refractivity contribution in [2.45, 2.75) is 27.7 Å². The van der Waals surface area contributed by atoms with E-state index in [-0.39, 0.29) is 36.1 Å². The van der Waals surface area contributed by atoms with E-state index in [0.29, 0.717) is 0 Å². The van der Waals surface area contributed by atoms with Crippen molar-refractivity contribution >= 4 is 0 Å². The zero-order valence-corrected chi connectivity index (χ0v) is 19.7.